The Morgan fingerprint density at radius 3 is 1.07 bits per heavy atom. The van der Waals surface area contributed by atoms with Crippen LogP contribution in [0.1, 0.15) is 46.5 Å². The lowest BCUT2D eigenvalue weighted by Crippen LogP contribution is -1.66. The third-order valence-corrected chi connectivity index (χ3v) is 0.957. The molecule has 2 N–H and O–H groups in total. The maximum absolute atomic E-state index is 7.57. The summed E-state index contributed by atoms with van der Waals surface area (Å²) in [5.74, 6) is 0. The van der Waals surface area contributed by atoms with Crippen molar-refractivity contribution >= 4 is 23.2 Å². The largest absolute Gasteiger partial charge is 0.400 e. The molecule has 0 bridgehead atoms. The van der Waals surface area contributed by atoms with Gasteiger partial charge in [-0.15, -0.1) is 23.2 Å². The van der Waals surface area contributed by atoms with Gasteiger partial charge in [-0.2, -0.15) is 0 Å². The van der Waals surface area contributed by atoms with Crippen LogP contribution in [0.25, 0.3) is 0 Å². The molecule has 0 aliphatic carbocycles. The first-order valence-corrected chi connectivity index (χ1v) is 5.99. The van der Waals surface area contributed by atoms with E-state index >= 15 is 0 Å². The van der Waals surface area contributed by atoms with Crippen LogP contribution in [-0.4, -0.2) is 29.3 Å². The zero-order valence-corrected chi connectivity index (χ0v) is 11.4. The first-order chi connectivity index (χ1) is 6.74. The molecule has 0 spiro atoms. The molecule has 0 fully saturated rings. The van der Waals surface area contributed by atoms with Gasteiger partial charge in [-0.25, -0.2) is 0 Å². The van der Waals surface area contributed by atoms with Crippen molar-refractivity contribution < 1.29 is 10.2 Å². The highest BCUT2D eigenvalue weighted by Crippen LogP contribution is 1.95. The third kappa shape index (κ3) is 135. The average Bonchev–Trinajstić information content (AvgIpc) is 2.20. The summed E-state index contributed by atoms with van der Waals surface area (Å²) >= 11 is 9.53. The second-order valence-corrected chi connectivity index (χ2v) is 2.93. The Bertz CT molecular complexity index is 41.1. The molecule has 0 aromatic rings. The Kier molecular flexibility index (Phi) is 85.5. The highest BCUT2D eigenvalue weighted by atomic mass is 35.5. The molecular weight excluding hydrogens is 223 g/mol. The monoisotopic (exact) mass is 248 g/mol. The zero-order valence-electron chi connectivity index (χ0n) is 9.89. The Labute approximate surface area is 99.2 Å². The molecule has 0 aliphatic rings. The highest BCUT2D eigenvalue weighted by Gasteiger charge is 1.75. The van der Waals surface area contributed by atoms with Crippen molar-refractivity contribution in [3.63, 3.8) is 0 Å². The molecule has 0 heterocycles. The number of aliphatic hydroxyl groups excluding tert-OH is 2. The summed E-state index contributed by atoms with van der Waals surface area (Å²) in [5.41, 5.74) is 0. The normalized spacial score (nSPS) is 6.86. The van der Waals surface area contributed by atoms with Crippen LogP contribution in [0, 0.1) is 0 Å². The Balaban J connectivity index is -0.0000000536. The molecular formula is C10H26Cl2O2. The van der Waals surface area contributed by atoms with Crippen molar-refractivity contribution in [2.24, 2.45) is 0 Å². The van der Waals surface area contributed by atoms with E-state index in [1.54, 1.807) is 6.92 Å². The fourth-order valence-electron chi connectivity index (χ4n) is 0.500. The van der Waals surface area contributed by atoms with Gasteiger partial charge in [0, 0.05) is 13.7 Å². The molecule has 0 atom stereocenters. The molecule has 0 saturated carbocycles. The lowest BCUT2D eigenvalue weighted by atomic mass is 10.2. The number of unbranched alkanes of at least 4 members (excludes halogenated alkanes) is 3. The lowest BCUT2D eigenvalue weighted by molar-refractivity contribution is 0.318. The molecule has 0 unspecified atom stereocenters. The fourth-order valence-corrected chi connectivity index (χ4v) is 0.500. The van der Waals surface area contributed by atoms with Crippen LogP contribution in [0.5, 0.6) is 0 Å². The molecule has 2 nitrogen and oxygen atoms in total. The van der Waals surface area contributed by atoms with Gasteiger partial charge in [0.25, 0.3) is 0 Å². The van der Waals surface area contributed by atoms with Crippen LogP contribution in [0.2, 0.25) is 0 Å². The third-order valence-electron chi connectivity index (χ3n) is 0.957. The van der Waals surface area contributed by atoms with Gasteiger partial charge >= 0.3 is 0 Å². The van der Waals surface area contributed by atoms with Gasteiger partial charge < -0.3 is 10.2 Å². The smallest absolute Gasteiger partial charge is 0.0967 e. The van der Waals surface area contributed by atoms with E-state index in [2.05, 4.69) is 13.8 Å². The maximum atomic E-state index is 7.57. The summed E-state index contributed by atoms with van der Waals surface area (Å²) in [6.45, 7) is 6.39. The van der Waals surface area contributed by atoms with Gasteiger partial charge in [-0.1, -0.05) is 39.5 Å². The standard InChI is InChI=1S/C6H14.C2H6O.CH2Cl2.CH4O/c1-3-5-6-4-2;1-2-3;2-1-3;1-2/h3-6H2,1-2H3;3H,2H2,1H3;1H2;2H,1H3. The SMILES string of the molecule is CCCCCC.CCO.CO.ClCCl. The molecule has 0 radical (unpaired) electrons. The second-order valence-electron chi connectivity index (χ2n) is 2.12. The molecule has 0 rings (SSSR count). The summed E-state index contributed by atoms with van der Waals surface area (Å²) in [6, 6.07) is 0. The minimum Gasteiger partial charge on any atom is -0.400 e. The summed E-state index contributed by atoms with van der Waals surface area (Å²) in [5, 5.41) is 14.8. The van der Waals surface area contributed by atoms with Crippen LogP contribution >= 0.6 is 23.2 Å². The molecule has 0 saturated heterocycles. The lowest BCUT2D eigenvalue weighted by Gasteiger charge is -1.86. The van der Waals surface area contributed by atoms with Gasteiger partial charge in [0.15, 0.2) is 0 Å². The summed E-state index contributed by atoms with van der Waals surface area (Å²) < 4.78 is 0. The second kappa shape index (κ2) is 49.9. The molecule has 0 amide bonds. The molecule has 0 aromatic heterocycles. The van der Waals surface area contributed by atoms with E-state index in [0.29, 0.717) is 0 Å². The predicted molar refractivity (Wildman–Crippen MR) is 67.3 cm³/mol. The summed E-state index contributed by atoms with van der Waals surface area (Å²) in [4.78, 5) is 0. The van der Waals surface area contributed by atoms with Crippen LogP contribution < -0.4 is 0 Å². The number of alkyl halides is 2. The predicted octanol–water partition coefficient (Wildman–Crippen LogP) is 3.62. The van der Waals surface area contributed by atoms with Crippen molar-refractivity contribution in [2.45, 2.75) is 46.5 Å². The van der Waals surface area contributed by atoms with Gasteiger partial charge in [0.05, 0.1) is 5.34 Å². The van der Waals surface area contributed by atoms with Crippen molar-refractivity contribution in [3.05, 3.63) is 0 Å². The average molecular weight is 249 g/mol. The van der Waals surface area contributed by atoms with Gasteiger partial charge in [0.1, 0.15) is 0 Å². The fraction of sp³-hybridized carbons (Fsp3) is 1.00. The van der Waals surface area contributed by atoms with E-state index in [1.165, 1.54) is 25.7 Å². The number of hydrogen-bond donors (Lipinski definition) is 2. The Morgan fingerprint density at radius 2 is 1.00 bits per heavy atom. The zero-order chi connectivity index (χ0) is 12.2. The van der Waals surface area contributed by atoms with E-state index in [-0.39, 0.29) is 11.9 Å². The Hall–Kier alpha value is 0.500. The van der Waals surface area contributed by atoms with E-state index in [4.69, 9.17) is 33.4 Å². The van der Waals surface area contributed by atoms with Crippen molar-refractivity contribution in [2.75, 3.05) is 19.1 Å². The number of halogens is 2. The number of aliphatic hydroxyl groups is 2. The highest BCUT2D eigenvalue weighted by molar-refractivity contribution is 6.40. The minimum absolute atomic E-state index is 0.194. The topological polar surface area (TPSA) is 40.5 Å². The molecule has 14 heavy (non-hydrogen) atoms. The summed E-state index contributed by atoms with van der Waals surface area (Å²) in [7, 11) is 1.00. The van der Waals surface area contributed by atoms with Crippen LogP contribution in [-0.2, 0) is 0 Å². The van der Waals surface area contributed by atoms with Crippen molar-refractivity contribution in [3.8, 4) is 0 Å². The molecule has 0 aliphatic heterocycles. The molecule has 92 valence electrons. The molecule has 4 heteroatoms. The van der Waals surface area contributed by atoms with Crippen LogP contribution in [0.15, 0.2) is 0 Å². The molecule has 0 aromatic carbocycles. The van der Waals surface area contributed by atoms with Crippen molar-refractivity contribution in [1.82, 2.24) is 0 Å². The van der Waals surface area contributed by atoms with Crippen LogP contribution in [0.3, 0.4) is 0 Å². The Morgan fingerprint density at radius 1 is 0.857 bits per heavy atom. The van der Waals surface area contributed by atoms with E-state index < -0.39 is 0 Å². The number of rotatable bonds is 3. The van der Waals surface area contributed by atoms with Gasteiger partial charge in [0.2, 0.25) is 0 Å². The van der Waals surface area contributed by atoms with Crippen LogP contribution in [0.4, 0.5) is 0 Å². The quantitative estimate of drug-likeness (QED) is 0.592. The first-order valence-electron chi connectivity index (χ1n) is 4.92. The van der Waals surface area contributed by atoms with Crippen molar-refractivity contribution in [1.29, 1.82) is 0 Å². The summed E-state index contributed by atoms with van der Waals surface area (Å²) in [6.07, 6.45) is 5.54. The number of hydrogen-bond acceptors (Lipinski definition) is 2. The first kappa shape index (κ1) is 24.0. The van der Waals surface area contributed by atoms with E-state index in [9.17, 15) is 0 Å². The van der Waals surface area contributed by atoms with E-state index in [0.717, 1.165) is 7.11 Å². The van der Waals surface area contributed by atoms with Gasteiger partial charge in [-0.3, -0.25) is 0 Å². The van der Waals surface area contributed by atoms with E-state index in [1.807, 2.05) is 0 Å². The minimum atomic E-state index is 0.194. The maximum Gasteiger partial charge on any atom is 0.0967 e. The van der Waals surface area contributed by atoms with Gasteiger partial charge in [-0.05, 0) is 6.92 Å².